The topological polar surface area (TPSA) is 70.2 Å². The molecule has 3 rings (SSSR count). The Morgan fingerprint density at radius 3 is 2.33 bits per heavy atom. The summed E-state index contributed by atoms with van der Waals surface area (Å²) >= 11 is 6.10. The molecule has 2 saturated heterocycles. The monoisotopic (exact) mass is 457 g/mol. The van der Waals surface area contributed by atoms with Crippen LogP contribution >= 0.6 is 11.6 Å². The molecule has 1 aromatic carbocycles. The number of carbonyl (C=O) groups excluding carboxylic acids is 1. The van der Waals surface area contributed by atoms with Crippen molar-refractivity contribution in [3.05, 3.63) is 28.8 Å². The van der Waals surface area contributed by atoms with Gasteiger partial charge >= 0.3 is 0 Å². The number of halogens is 1. The van der Waals surface area contributed by atoms with Gasteiger partial charge in [-0.25, -0.2) is 12.7 Å². The van der Waals surface area contributed by atoms with Crippen LogP contribution in [0.4, 0.5) is 0 Å². The van der Waals surface area contributed by atoms with E-state index in [9.17, 15) is 13.2 Å². The van der Waals surface area contributed by atoms with Gasteiger partial charge in [-0.2, -0.15) is 0 Å². The van der Waals surface area contributed by atoms with Crippen LogP contribution in [0.15, 0.2) is 23.1 Å². The van der Waals surface area contributed by atoms with Gasteiger partial charge in [-0.3, -0.25) is 9.69 Å². The number of ether oxygens (including phenoxy) is 1. The van der Waals surface area contributed by atoms with Crippen LogP contribution in [-0.2, 0) is 14.8 Å². The molecule has 7 nitrogen and oxygen atoms in total. The van der Waals surface area contributed by atoms with Gasteiger partial charge in [0.15, 0.2) is 0 Å². The summed E-state index contributed by atoms with van der Waals surface area (Å²) in [6.07, 6.45) is 2.41. The van der Waals surface area contributed by atoms with Crippen LogP contribution in [0, 0.1) is 5.92 Å². The lowest BCUT2D eigenvalue weighted by molar-refractivity contribution is -0.0728. The number of sulfonamides is 1. The fraction of sp³-hybridized carbons (Fsp3) is 0.667. The van der Waals surface area contributed by atoms with Crippen LogP contribution in [0.2, 0.25) is 5.02 Å². The van der Waals surface area contributed by atoms with Crippen molar-refractivity contribution in [2.24, 2.45) is 5.92 Å². The zero-order valence-corrected chi connectivity index (χ0v) is 19.7. The summed E-state index contributed by atoms with van der Waals surface area (Å²) in [5.74, 6) is 0.412. The van der Waals surface area contributed by atoms with Crippen LogP contribution in [0.1, 0.15) is 37.0 Å². The van der Waals surface area contributed by atoms with Crippen molar-refractivity contribution in [3.63, 3.8) is 0 Å². The van der Waals surface area contributed by atoms with Gasteiger partial charge in [-0.15, -0.1) is 0 Å². The fourth-order valence-electron chi connectivity index (χ4n) is 4.33. The number of hydrogen-bond donors (Lipinski definition) is 0. The van der Waals surface area contributed by atoms with E-state index in [4.69, 9.17) is 16.3 Å². The fourth-order valence-corrected chi connectivity index (χ4v) is 5.72. The molecule has 2 unspecified atom stereocenters. The standard InChI is InChI=1S/C21H32ClN3O4S/c1-15-12-24(13-16(2)29-15)14-17-7-9-25(10-8-17)21(26)18-5-6-19(22)20(11-18)30(27,28)23(3)4/h5-6,11,15-17H,7-10,12-14H2,1-4H3. The Morgan fingerprint density at radius 1 is 1.17 bits per heavy atom. The van der Waals surface area contributed by atoms with E-state index in [2.05, 4.69) is 18.7 Å². The van der Waals surface area contributed by atoms with Gasteiger partial charge in [0.1, 0.15) is 4.90 Å². The molecular weight excluding hydrogens is 426 g/mol. The third kappa shape index (κ3) is 5.34. The molecule has 0 spiro atoms. The van der Waals surface area contributed by atoms with Crippen LogP contribution in [0.3, 0.4) is 0 Å². The molecule has 0 saturated carbocycles. The molecule has 2 heterocycles. The molecule has 0 N–H and O–H groups in total. The van der Waals surface area contributed by atoms with Gasteiger partial charge in [-0.05, 0) is 50.8 Å². The van der Waals surface area contributed by atoms with E-state index in [0.29, 0.717) is 24.6 Å². The maximum atomic E-state index is 13.0. The molecular formula is C21H32ClN3O4S. The van der Waals surface area contributed by atoms with Crippen molar-refractivity contribution in [3.8, 4) is 0 Å². The lowest BCUT2D eigenvalue weighted by Crippen LogP contribution is -2.48. The molecule has 2 fully saturated rings. The van der Waals surface area contributed by atoms with Crippen molar-refractivity contribution in [1.29, 1.82) is 0 Å². The molecule has 30 heavy (non-hydrogen) atoms. The molecule has 0 aromatic heterocycles. The smallest absolute Gasteiger partial charge is 0.253 e. The first-order chi connectivity index (χ1) is 14.1. The highest BCUT2D eigenvalue weighted by atomic mass is 35.5. The lowest BCUT2D eigenvalue weighted by atomic mass is 9.95. The Kier molecular flexibility index (Phi) is 7.45. The first-order valence-corrected chi connectivity index (χ1v) is 12.3. The largest absolute Gasteiger partial charge is 0.373 e. The quantitative estimate of drug-likeness (QED) is 0.679. The second-order valence-electron chi connectivity index (χ2n) is 8.64. The molecule has 0 bridgehead atoms. The summed E-state index contributed by atoms with van der Waals surface area (Å²) in [5, 5.41) is 0.118. The number of amides is 1. The number of rotatable bonds is 5. The zero-order valence-electron chi connectivity index (χ0n) is 18.2. The molecule has 1 aromatic rings. The predicted octanol–water partition coefficient (Wildman–Crippen LogP) is 2.55. The molecule has 2 atom stereocenters. The first kappa shape index (κ1) is 23.5. The van der Waals surface area contributed by atoms with Gasteiger partial charge in [-0.1, -0.05) is 11.6 Å². The van der Waals surface area contributed by atoms with E-state index in [1.54, 1.807) is 6.07 Å². The molecule has 2 aliphatic rings. The number of carbonyl (C=O) groups is 1. The molecule has 0 radical (unpaired) electrons. The highest BCUT2D eigenvalue weighted by Crippen LogP contribution is 2.27. The Bertz CT molecular complexity index is 859. The lowest BCUT2D eigenvalue weighted by Gasteiger charge is -2.39. The third-order valence-corrected chi connectivity index (χ3v) is 8.15. The number of piperidine rings is 1. The van der Waals surface area contributed by atoms with Gasteiger partial charge < -0.3 is 9.64 Å². The minimum atomic E-state index is -3.71. The molecule has 0 aliphatic carbocycles. The number of hydrogen-bond acceptors (Lipinski definition) is 5. The average molecular weight is 458 g/mol. The minimum Gasteiger partial charge on any atom is -0.373 e. The number of nitrogens with zero attached hydrogens (tertiary/aromatic N) is 3. The number of benzene rings is 1. The van der Waals surface area contributed by atoms with Crippen LogP contribution in [0.5, 0.6) is 0 Å². The summed E-state index contributed by atoms with van der Waals surface area (Å²) in [7, 11) is -0.823. The van der Waals surface area contributed by atoms with Gasteiger partial charge in [0, 0.05) is 52.4 Å². The summed E-state index contributed by atoms with van der Waals surface area (Å²) in [5.41, 5.74) is 0.356. The van der Waals surface area contributed by atoms with Gasteiger partial charge in [0.25, 0.3) is 5.91 Å². The van der Waals surface area contributed by atoms with Crippen molar-refractivity contribution in [2.75, 3.05) is 46.8 Å². The normalized spacial score (nSPS) is 24.4. The summed E-state index contributed by atoms with van der Waals surface area (Å²) in [6, 6.07) is 4.48. The predicted molar refractivity (Wildman–Crippen MR) is 117 cm³/mol. The maximum absolute atomic E-state index is 13.0. The number of likely N-dealkylation sites (tertiary alicyclic amines) is 1. The SMILES string of the molecule is CC1CN(CC2CCN(C(=O)c3ccc(Cl)c(S(=O)(=O)N(C)C)c3)CC2)CC(C)O1. The molecule has 2 aliphatic heterocycles. The van der Waals surface area contributed by atoms with E-state index in [0.717, 1.165) is 36.8 Å². The van der Waals surface area contributed by atoms with Crippen LogP contribution in [-0.4, -0.2) is 87.5 Å². The van der Waals surface area contributed by atoms with E-state index < -0.39 is 10.0 Å². The van der Waals surface area contributed by atoms with Crippen molar-refractivity contribution >= 4 is 27.5 Å². The highest BCUT2D eigenvalue weighted by Gasteiger charge is 2.29. The third-order valence-electron chi connectivity index (χ3n) is 5.85. The van der Waals surface area contributed by atoms with Crippen LogP contribution in [0.25, 0.3) is 0 Å². The second kappa shape index (κ2) is 9.53. The Hall–Kier alpha value is -1.19. The van der Waals surface area contributed by atoms with Crippen LogP contribution < -0.4 is 0 Å². The number of morpholine rings is 1. The summed E-state index contributed by atoms with van der Waals surface area (Å²) < 4.78 is 31.9. The average Bonchev–Trinajstić information content (AvgIpc) is 2.67. The molecule has 168 valence electrons. The Labute approximate surface area is 185 Å². The van der Waals surface area contributed by atoms with E-state index in [1.165, 1.54) is 26.2 Å². The summed E-state index contributed by atoms with van der Waals surface area (Å²) in [4.78, 5) is 17.2. The molecule has 1 amide bonds. The van der Waals surface area contributed by atoms with Gasteiger partial charge in [0.2, 0.25) is 10.0 Å². The minimum absolute atomic E-state index is 0.0366. The van der Waals surface area contributed by atoms with E-state index in [1.807, 2.05) is 4.90 Å². The second-order valence-corrected chi connectivity index (χ2v) is 11.2. The highest BCUT2D eigenvalue weighted by molar-refractivity contribution is 7.89. The van der Waals surface area contributed by atoms with Crippen molar-refractivity contribution in [2.45, 2.75) is 43.8 Å². The van der Waals surface area contributed by atoms with Gasteiger partial charge in [0.05, 0.1) is 17.2 Å². The maximum Gasteiger partial charge on any atom is 0.253 e. The van der Waals surface area contributed by atoms with Crippen molar-refractivity contribution in [1.82, 2.24) is 14.1 Å². The van der Waals surface area contributed by atoms with E-state index >= 15 is 0 Å². The molecule has 9 heteroatoms. The summed E-state index contributed by atoms with van der Waals surface area (Å²) in [6.45, 7) is 8.53. The Balaban J connectivity index is 1.62. The zero-order chi connectivity index (χ0) is 22.1. The first-order valence-electron chi connectivity index (χ1n) is 10.5. The van der Waals surface area contributed by atoms with Crippen molar-refractivity contribution < 1.29 is 17.9 Å². The Morgan fingerprint density at radius 2 is 1.77 bits per heavy atom. The van der Waals surface area contributed by atoms with E-state index in [-0.39, 0.29) is 28.0 Å².